The van der Waals surface area contributed by atoms with E-state index in [2.05, 4.69) is 10.5 Å². The third kappa shape index (κ3) is 5.95. The highest BCUT2D eigenvalue weighted by molar-refractivity contribution is 7.92. The topological polar surface area (TPSA) is 78.8 Å². The first-order valence-electron chi connectivity index (χ1n) is 9.40. The molecule has 0 atom stereocenters. The van der Waals surface area contributed by atoms with Crippen LogP contribution in [0.3, 0.4) is 0 Å². The maximum Gasteiger partial charge on any atom is 0.416 e. The number of rotatable bonds is 7. The van der Waals surface area contributed by atoms with Crippen molar-refractivity contribution in [2.75, 3.05) is 10.8 Å². The van der Waals surface area contributed by atoms with Crippen LogP contribution in [0.2, 0.25) is 0 Å². The molecule has 0 fully saturated rings. The molecular weight excluding hydrogens is 462 g/mol. The first-order valence-corrected chi connectivity index (χ1v) is 10.8. The Labute approximate surface area is 187 Å². The van der Waals surface area contributed by atoms with Crippen molar-refractivity contribution in [1.82, 2.24) is 5.43 Å². The van der Waals surface area contributed by atoms with Crippen molar-refractivity contribution >= 4 is 27.8 Å². The molecule has 3 aromatic carbocycles. The number of nitrogens with one attached hydrogen (secondary N) is 1. The molecule has 0 saturated heterocycles. The van der Waals surface area contributed by atoms with Crippen molar-refractivity contribution in [2.45, 2.75) is 11.1 Å². The van der Waals surface area contributed by atoms with Crippen LogP contribution in [0.5, 0.6) is 0 Å². The monoisotopic (exact) mass is 479 g/mol. The number of benzene rings is 3. The minimum absolute atomic E-state index is 0.0736. The van der Waals surface area contributed by atoms with Crippen molar-refractivity contribution in [3.8, 4) is 0 Å². The average Bonchev–Trinajstić information content (AvgIpc) is 2.79. The van der Waals surface area contributed by atoms with Crippen molar-refractivity contribution in [1.29, 1.82) is 0 Å². The predicted octanol–water partition coefficient (Wildman–Crippen LogP) is 4.19. The molecule has 0 aliphatic heterocycles. The normalized spacial score (nSPS) is 12.0. The zero-order valence-corrected chi connectivity index (χ0v) is 17.6. The van der Waals surface area contributed by atoms with E-state index in [4.69, 9.17) is 0 Å². The van der Waals surface area contributed by atoms with Crippen LogP contribution in [0.1, 0.15) is 11.1 Å². The summed E-state index contributed by atoms with van der Waals surface area (Å²) in [6.45, 7) is -0.868. The third-order valence-electron chi connectivity index (χ3n) is 4.38. The van der Waals surface area contributed by atoms with Gasteiger partial charge in [-0.1, -0.05) is 42.5 Å². The van der Waals surface area contributed by atoms with Gasteiger partial charge in [-0.25, -0.2) is 18.2 Å². The summed E-state index contributed by atoms with van der Waals surface area (Å²) in [5.74, 6) is -1.53. The minimum atomic E-state index is -4.72. The number of alkyl halides is 3. The van der Waals surface area contributed by atoms with Gasteiger partial charge < -0.3 is 0 Å². The van der Waals surface area contributed by atoms with Gasteiger partial charge in [-0.2, -0.15) is 18.3 Å². The molecule has 1 amide bonds. The largest absolute Gasteiger partial charge is 0.416 e. The van der Waals surface area contributed by atoms with Crippen LogP contribution in [0.25, 0.3) is 0 Å². The molecule has 3 rings (SSSR count). The lowest BCUT2D eigenvalue weighted by molar-refractivity contribution is -0.137. The van der Waals surface area contributed by atoms with Gasteiger partial charge in [0.2, 0.25) is 0 Å². The van der Waals surface area contributed by atoms with E-state index in [-0.39, 0.29) is 16.1 Å². The number of amides is 1. The second kappa shape index (κ2) is 9.82. The first kappa shape index (κ1) is 23.9. The Hall–Kier alpha value is -3.73. The summed E-state index contributed by atoms with van der Waals surface area (Å²) in [6, 6.07) is 16.2. The quantitative estimate of drug-likeness (QED) is 0.314. The Bertz CT molecular complexity index is 1260. The first-order chi connectivity index (χ1) is 15.6. The van der Waals surface area contributed by atoms with Gasteiger partial charge >= 0.3 is 6.18 Å². The number of carbonyl (C=O) groups excluding carboxylic acids is 1. The smallest absolute Gasteiger partial charge is 0.271 e. The maximum absolute atomic E-state index is 13.6. The van der Waals surface area contributed by atoms with E-state index in [1.54, 1.807) is 12.1 Å². The highest BCUT2D eigenvalue weighted by Gasteiger charge is 2.33. The van der Waals surface area contributed by atoms with Crippen LogP contribution in [0, 0.1) is 5.82 Å². The van der Waals surface area contributed by atoms with E-state index >= 15 is 0 Å². The van der Waals surface area contributed by atoms with Crippen LogP contribution < -0.4 is 9.73 Å². The fourth-order valence-corrected chi connectivity index (χ4v) is 4.23. The van der Waals surface area contributed by atoms with E-state index in [9.17, 15) is 30.8 Å². The van der Waals surface area contributed by atoms with Crippen LogP contribution in [0.15, 0.2) is 88.9 Å². The maximum atomic E-state index is 13.6. The third-order valence-corrected chi connectivity index (χ3v) is 6.17. The molecule has 0 aromatic heterocycles. The molecule has 33 heavy (non-hydrogen) atoms. The second-order valence-corrected chi connectivity index (χ2v) is 8.55. The molecule has 0 spiro atoms. The zero-order chi connectivity index (χ0) is 24.1. The molecule has 0 radical (unpaired) electrons. The summed E-state index contributed by atoms with van der Waals surface area (Å²) >= 11 is 0. The van der Waals surface area contributed by atoms with Crippen LogP contribution in [-0.4, -0.2) is 27.1 Å². The molecule has 0 unspecified atom stereocenters. The molecule has 11 heteroatoms. The van der Waals surface area contributed by atoms with Crippen LogP contribution in [0.4, 0.5) is 23.2 Å². The van der Waals surface area contributed by atoms with Crippen LogP contribution in [-0.2, 0) is 21.0 Å². The summed E-state index contributed by atoms with van der Waals surface area (Å²) in [4.78, 5) is 12.2. The lowest BCUT2D eigenvalue weighted by atomic mass is 10.2. The Kier molecular flexibility index (Phi) is 7.12. The SMILES string of the molecule is O=C(CN(c1cccc(C(F)(F)F)c1)S(=O)(=O)c1ccccc1)N/N=C\c1ccccc1F. The summed E-state index contributed by atoms with van der Waals surface area (Å²) < 4.78 is 80.0. The number of hydrazone groups is 1. The van der Waals surface area contributed by atoms with E-state index < -0.39 is 40.0 Å². The molecular formula is C22H17F4N3O3S. The number of hydrogen-bond donors (Lipinski definition) is 1. The minimum Gasteiger partial charge on any atom is -0.271 e. The molecule has 0 aliphatic rings. The van der Waals surface area contributed by atoms with E-state index in [1.807, 2.05) is 0 Å². The van der Waals surface area contributed by atoms with Crippen molar-refractivity contribution in [3.63, 3.8) is 0 Å². The van der Waals surface area contributed by atoms with Crippen molar-refractivity contribution in [2.24, 2.45) is 5.10 Å². The summed E-state index contributed by atoms with van der Waals surface area (Å²) in [6.07, 6.45) is -3.70. The van der Waals surface area contributed by atoms with Gasteiger partial charge in [0.1, 0.15) is 12.4 Å². The molecule has 1 N–H and O–H groups in total. The number of sulfonamides is 1. The van der Waals surface area contributed by atoms with Gasteiger partial charge in [0.15, 0.2) is 0 Å². The van der Waals surface area contributed by atoms with Gasteiger partial charge in [0, 0.05) is 5.56 Å². The summed E-state index contributed by atoms with van der Waals surface area (Å²) in [5.41, 5.74) is 0.699. The zero-order valence-electron chi connectivity index (χ0n) is 16.8. The Balaban J connectivity index is 1.91. The van der Waals surface area contributed by atoms with Crippen LogP contribution >= 0.6 is 0 Å². The predicted molar refractivity (Wildman–Crippen MR) is 115 cm³/mol. The molecule has 3 aromatic rings. The Morgan fingerprint density at radius 1 is 0.970 bits per heavy atom. The molecule has 0 bridgehead atoms. The molecule has 172 valence electrons. The Morgan fingerprint density at radius 3 is 2.30 bits per heavy atom. The van der Waals surface area contributed by atoms with Gasteiger partial charge in [0.05, 0.1) is 22.4 Å². The summed E-state index contributed by atoms with van der Waals surface area (Å²) in [7, 11) is -4.40. The molecule has 0 heterocycles. The second-order valence-electron chi connectivity index (χ2n) is 6.69. The van der Waals surface area contributed by atoms with E-state index in [0.29, 0.717) is 10.4 Å². The fraction of sp³-hybridized carbons (Fsp3) is 0.0909. The lowest BCUT2D eigenvalue weighted by Gasteiger charge is -2.24. The van der Waals surface area contributed by atoms with E-state index in [1.165, 1.54) is 42.5 Å². The number of hydrogen-bond acceptors (Lipinski definition) is 4. The molecule has 6 nitrogen and oxygen atoms in total. The standard InChI is InChI=1S/C22H17F4N3O3S/c23-20-12-5-4-7-16(20)14-27-28-21(30)15-29(33(31,32)19-10-2-1-3-11-19)18-9-6-8-17(13-18)22(24,25)26/h1-14H,15H2,(H,28,30)/b27-14-. The van der Waals surface area contributed by atoms with Gasteiger partial charge in [-0.3, -0.25) is 9.10 Å². The van der Waals surface area contributed by atoms with Gasteiger partial charge in [0.25, 0.3) is 15.9 Å². The lowest BCUT2D eigenvalue weighted by Crippen LogP contribution is -2.39. The number of anilines is 1. The van der Waals surface area contributed by atoms with Crippen molar-refractivity contribution in [3.05, 3.63) is 95.8 Å². The number of carbonyl (C=O) groups is 1. The molecule has 0 saturated carbocycles. The Morgan fingerprint density at radius 2 is 1.64 bits per heavy atom. The fourth-order valence-electron chi connectivity index (χ4n) is 2.79. The van der Waals surface area contributed by atoms with E-state index in [0.717, 1.165) is 24.4 Å². The highest BCUT2D eigenvalue weighted by atomic mass is 32.2. The van der Waals surface area contributed by atoms with Crippen molar-refractivity contribution < 1.29 is 30.8 Å². The molecule has 0 aliphatic carbocycles. The average molecular weight is 479 g/mol. The number of nitrogens with zero attached hydrogens (tertiary/aromatic N) is 2. The highest BCUT2D eigenvalue weighted by Crippen LogP contribution is 2.33. The van der Waals surface area contributed by atoms with Gasteiger partial charge in [-0.05, 0) is 36.4 Å². The summed E-state index contributed by atoms with van der Waals surface area (Å²) in [5, 5.41) is 3.59. The van der Waals surface area contributed by atoms with Gasteiger partial charge in [-0.15, -0.1) is 0 Å². The number of halogens is 4.